The van der Waals surface area contributed by atoms with Gasteiger partial charge in [-0.15, -0.1) is 0 Å². The molecule has 20 heavy (non-hydrogen) atoms. The first-order chi connectivity index (χ1) is 9.70. The van der Waals surface area contributed by atoms with Crippen LogP contribution in [-0.2, 0) is 4.79 Å². The summed E-state index contributed by atoms with van der Waals surface area (Å²) in [5.41, 5.74) is 1.41. The topological polar surface area (TPSA) is 61.4 Å². The van der Waals surface area contributed by atoms with E-state index in [1.54, 1.807) is 24.3 Å². The number of benzene rings is 1. The zero-order chi connectivity index (χ0) is 14.4. The van der Waals surface area contributed by atoms with Gasteiger partial charge in [-0.1, -0.05) is 0 Å². The van der Waals surface area contributed by atoms with E-state index in [1.165, 1.54) is 0 Å². The minimum atomic E-state index is -0.0297. The van der Waals surface area contributed by atoms with Gasteiger partial charge in [0.2, 0.25) is 5.91 Å². The van der Waals surface area contributed by atoms with Crippen molar-refractivity contribution in [3.63, 3.8) is 0 Å². The van der Waals surface area contributed by atoms with Crippen molar-refractivity contribution in [1.82, 2.24) is 10.2 Å². The third-order valence-electron chi connectivity index (χ3n) is 3.41. The highest BCUT2D eigenvalue weighted by Crippen LogP contribution is 2.15. The van der Waals surface area contributed by atoms with Crippen molar-refractivity contribution in [2.75, 3.05) is 32.0 Å². The zero-order valence-corrected chi connectivity index (χ0v) is 11.8. The molecule has 108 valence electrons. The lowest BCUT2D eigenvalue weighted by atomic mass is 10.2. The Kier molecular flexibility index (Phi) is 5.12. The molecule has 0 unspecified atom stereocenters. The van der Waals surface area contributed by atoms with Gasteiger partial charge in [0.1, 0.15) is 0 Å². The fourth-order valence-corrected chi connectivity index (χ4v) is 2.26. The normalized spacial score (nSPS) is 14.3. The third kappa shape index (κ3) is 3.81. The number of amides is 2. The van der Waals surface area contributed by atoms with Crippen molar-refractivity contribution in [2.45, 2.75) is 19.3 Å². The van der Waals surface area contributed by atoms with Crippen LogP contribution in [0.5, 0.6) is 0 Å². The Hall–Kier alpha value is -1.88. The van der Waals surface area contributed by atoms with Crippen molar-refractivity contribution >= 4 is 17.5 Å². The monoisotopic (exact) mass is 275 g/mol. The fourth-order valence-electron chi connectivity index (χ4n) is 2.26. The molecule has 1 heterocycles. The average Bonchev–Trinajstić information content (AvgIpc) is 2.99. The summed E-state index contributed by atoms with van der Waals surface area (Å²) in [7, 11) is 1.81. The first-order valence-electron chi connectivity index (χ1n) is 7.04. The summed E-state index contributed by atoms with van der Waals surface area (Å²) in [6, 6.07) is 7.10. The Bertz CT molecular complexity index is 465. The van der Waals surface area contributed by atoms with Crippen molar-refractivity contribution in [3.8, 4) is 0 Å². The first-order valence-corrected chi connectivity index (χ1v) is 7.04. The molecular formula is C15H21N3O2. The number of nitrogens with zero attached hydrogens (tertiary/aromatic N) is 1. The van der Waals surface area contributed by atoms with Gasteiger partial charge >= 0.3 is 0 Å². The predicted octanol–water partition coefficient (Wildman–Crippen LogP) is 1.47. The molecule has 0 spiro atoms. The molecule has 0 radical (unpaired) electrons. The summed E-state index contributed by atoms with van der Waals surface area (Å²) in [4.78, 5) is 25.6. The van der Waals surface area contributed by atoms with Crippen LogP contribution in [-0.4, -0.2) is 43.4 Å². The third-order valence-corrected chi connectivity index (χ3v) is 3.41. The molecule has 2 N–H and O–H groups in total. The molecule has 2 rings (SSSR count). The molecule has 1 saturated heterocycles. The van der Waals surface area contributed by atoms with Crippen LogP contribution in [0.15, 0.2) is 24.3 Å². The van der Waals surface area contributed by atoms with Gasteiger partial charge in [-0.25, -0.2) is 0 Å². The van der Waals surface area contributed by atoms with Gasteiger partial charge in [0.15, 0.2) is 0 Å². The van der Waals surface area contributed by atoms with E-state index in [4.69, 9.17) is 0 Å². The lowest BCUT2D eigenvalue weighted by Crippen LogP contribution is -2.27. The van der Waals surface area contributed by atoms with Crippen LogP contribution >= 0.6 is 0 Å². The quantitative estimate of drug-likeness (QED) is 0.855. The standard InChI is InChI=1S/C15H21N3O2/c1-16-9-8-14(19)17-13-6-4-12(5-7-13)15(20)18-10-2-3-11-18/h4-7,16H,2-3,8-11H2,1H3,(H,17,19). The van der Waals surface area contributed by atoms with E-state index in [-0.39, 0.29) is 11.8 Å². The Morgan fingerprint density at radius 1 is 1.15 bits per heavy atom. The molecule has 1 aromatic rings. The molecule has 1 aromatic carbocycles. The van der Waals surface area contributed by atoms with Gasteiger partial charge in [0.05, 0.1) is 0 Å². The molecule has 5 heteroatoms. The highest BCUT2D eigenvalue weighted by Gasteiger charge is 2.19. The van der Waals surface area contributed by atoms with Crippen LogP contribution in [0.3, 0.4) is 0 Å². The number of anilines is 1. The van der Waals surface area contributed by atoms with Gasteiger partial charge < -0.3 is 15.5 Å². The summed E-state index contributed by atoms with van der Waals surface area (Å²) in [6.07, 6.45) is 2.61. The number of carbonyl (C=O) groups excluding carboxylic acids is 2. The number of hydrogen-bond donors (Lipinski definition) is 2. The summed E-state index contributed by atoms with van der Waals surface area (Å²) >= 11 is 0. The van der Waals surface area contributed by atoms with E-state index < -0.39 is 0 Å². The van der Waals surface area contributed by atoms with Crippen LogP contribution in [0.25, 0.3) is 0 Å². The van der Waals surface area contributed by atoms with E-state index in [0.29, 0.717) is 18.5 Å². The van der Waals surface area contributed by atoms with Gasteiger partial charge in [-0.05, 0) is 44.2 Å². The molecule has 2 amide bonds. The second kappa shape index (κ2) is 7.05. The van der Waals surface area contributed by atoms with Crippen LogP contribution in [0.4, 0.5) is 5.69 Å². The lowest BCUT2D eigenvalue weighted by Gasteiger charge is -2.15. The number of rotatable bonds is 5. The molecule has 0 saturated carbocycles. The number of hydrogen-bond acceptors (Lipinski definition) is 3. The molecule has 0 aliphatic carbocycles. The fraction of sp³-hybridized carbons (Fsp3) is 0.467. The molecule has 0 aromatic heterocycles. The average molecular weight is 275 g/mol. The minimum Gasteiger partial charge on any atom is -0.339 e. The van der Waals surface area contributed by atoms with E-state index >= 15 is 0 Å². The van der Waals surface area contributed by atoms with Crippen LogP contribution in [0.2, 0.25) is 0 Å². The van der Waals surface area contributed by atoms with Crippen molar-refractivity contribution in [2.24, 2.45) is 0 Å². The van der Waals surface area contributed by atoms with Crippen LogP contribution in [0.1, 0.15) is 29.6 Å². The van der Waals surface area contributed by atoms with Crippen molar-refractivity contribution in [1.29, 1.82) is 0 Å². The Balaban J connectivity index is 1.92. The lowest BCUT2D eigenvalue weighted by molar-refractivity contribution is -0.116. The van der Waals surface area contributed by atoms with Crippen molar-refractivity contribution < 1.29 is 9.59 Å². The molecule has 0 atom stereocenters. The highest BCUT2D eigenvalue weighted by atomic mass is 16.2. The maximum Gasteiger partial charge on any atom is 0.253 e. The van der Waals surface area contributed by atoms with E-state index in [1.807, 2.05) is 11.9 Å². The maximum atomic E-state index is 12.2. The van der Waals surface area contributed by atoms with Gasteiger partial charge in [0, 0.05) is 37.3 Å². The maximum absolute atomic E-state index is 12.2. The van der Waals surface area contributed by atoms with E-state index in [0.717, 1.165) is 31.6 Å². The first kappa shape index (κ1) is 14.5. The van der Waals surface area contributed by atoms with E-state index in [2.05, 4.69) is 10.6 Å². The largest absolute Gasteiger partial charge is 0.339 e. The second-order valence-corrected chi connectivity index (χ2v) is 4.98. The summed E-state index contributed by atoms with van der Waals surface area (Å²) < 4.78 is 0. The molecule has 1 fully saturated rings. The number of carbonyl (C=O) groups is 2. The second-order valence-electron chi connectivity index (χ2n) is 4.98. The smallest absolute Gasteiger partial charge is 0.253 e. The molecule has 1 aliphatic heterocycles. The van der Waals surface area contributed by atoms with Gasteiger partial charge in [-0.3, -0.25) is 9.59 Å². The minimum absolute atomic E-state index is 0.0297. The van der Waals surface area contributed by atoms with Gasteiger partial charge in [-0.2, -0.15) is 0 Å². The summed E-state index contributed by atoms with van der Waals surface area (Å²) in [5, 5.41) is 5.74. The molecular weight excluding hydrogens is 254 g/mol. The van der Waals surface area contributed by atoms with Crippen LogP contribution < -0.4 is 10.6 Å². The summed E-state index contributed by atoms with van der Waals surface area (Å²) in [5.74, 6) is 0.0496. The highest BCUT2D eigenvalue weighted by molar-refractivity contribution is 5.96. The van der Waals surface area contributed by atoms with Crippen LogP contribution in [0, 0.1) is 0 Å². The predicted molar refractivity (Wildman–Crippen MR) is 78.8 cm³/mol. The SMILES string of the molecule is CNCCC(=O)Nc1ccc(C(=O)N2CCCC2)cc1. The number of likely N-dealkylation sites (tertiary alicyclic amines) is 1. The molecule has 5 nitrogen and oxygen atoms in total. The molecule has 1 aliphatic rings. The van der Waals surface area contributed by atoms with E-state index in [9.17, 15) is 9.59 Å². The Morgan fingerprint density at radius 2 is 1.80 bits per heavy atom. The summed E-state index contributed by atoms with van der Waals surface area (Å²) in [6.45, 7) is 2.35. The molecule has 0 bridgehead atoms. The Morgan fingerprint density at radius 3 is 2.40 bits per heavy atom. The van der Waals surface area contributed by atoms with Gasteiger partial charge in [0.25, 0.3) is 5.91 Å². The number of nitrogens with one attached hydrogen (secondary N) is 2. The Labute approximate surface area is 119 Å². The zero-order valence-electron chi connectivity index (χ0n) is 11.8. The van der Waals surface area contributed by atoms with Crippen molar-refractivity contribution in [3.05, 3.63) is 29.8 Å².